The fourth-order valence-electron chi connectivity index (χ4n) is 2.02. The van der Waals surface area contributed by atoms with Crippen LogP contribution in [0.5, 0.6) is 0 Å². The zero-order valence-corrected chi connectivity index (χ0v) is 10.8. The van der Waals surface area contributed by atoms with Gasteiger partial charge in [0.1, 0.15) is 11.1 Å². The Morgan fingerprint density at radius 1 is 1.61 bits per heavy atom. The zero-order chi connectivity index (χ0) is 13.0. The fraction of sp³-hybridized carbons (Fsp3) is 0.500. The highest BCUT2D eigenvalue weighted by molar-refractivity contribution is 7.14. The molecule has 0 radical (unpaired) electrons. The maximum atomic E-state index is 12.3. The lowest BCUT2D eigenvalue weighted by atomic mass is 9.79. The number of nitrogens with one attached hydrogen (secondary N) is 1. The lowest BCUT2D eigenvalue weighted by Gasteiger charge is -2.34. The Hall–Kier alpha value is -1.42. The summed E-state index contributed by atoms with van der Waals surface area (Å²) in [5.74, 6) is -0.104. The molecule has 1 saturated heterocycles. The molecule has 1 fully saturated rings. The highest BCUT2D eigenvalue weighted by Gasteiger charge is 2.39. The molecule has 0 aromatic carbocycles. The largest absolute Gasteiger partial charge is 0.381 e. The third kappa shape index (κ3) is 2.38. The molecule has 2 rings (SSSR count). The van der Waals surface area contributed by atoms with Crippen LogP contribution >= 0.6 is 11.3 Å². The fourth-order valence-corrected chi connectivity index (χ4v) is 2.75. The number of anilines is 1. The van der Waals surface area contributed by atoms with Crippen molar-refractivity contribution in [2.75, 3.05) is 25.1 Å². The average Bonchev–Trinajstić information content (AvgIpc) is 2.86. The highest BCUT2D eigenvalue weighted by Crippen LogP contribution is 2.32. The van der Waals surface area contributed by atoms with Crippen LogP contribution in [0.25, 0.3) is 0 Å². The van der Waals surface area contributed by atoms with Gasteiger partial charge in [0.25, 0.3) is 0 Å². The van der Waals surface area contributed by atoms with Crippen LogP contribution in [0.1, 0.15) is 18.4 Å². The second kappa shape index (κ2) is 5.48. The molecule has 0 saturated carbocycles. The molecule has 3 N–H and O–H groups in total. The third-order valence-electron chi connectivity index (χ3n) is 3.34. The van der Waals surface area contributed by atoms with Crippen LogP contribution in [0.15, 0.2) is 11.4 Å². The predicted octanol–water partition coefficient (Wildman–Crippen LogP) is 1.31. The van der Waals surface area contributed by atoms with E-state index in [1.165, 1.54) is 11.3 Å². The molecular formula is C12H15N3O2S. The summed E-state index contributed by atoms with van der Waals surface area (Å²) in [6.07, 6.45) is 1.26. The van der Waals surface area contributed by atoms with E-state index in [-0.39, 0.29) is 5.91 Å². The summed E-state index contributed by atoms with van der Waals surface area (Å²) in [4.78, 5) is 12.3. The quantitative estimate of drug-likeness (QED) is 0.862. The normalized spacial score (nSPS) is 18.0. The molecule has 1 aromatic heterocycles. The van der Waals surface area contributed by atoms with Crippen LogP contribution in [0.4, 0.5) is 5.00 Å². The van der Waals surface area contributed by atoms with E-state index in [0.29, 0.717) is 43.2 Å². The van der Waals surface area contributed by atoms with Gasteiger partial charge >= 0.3 is 0 Å². The van der Waals surface area contributed by atoms with Crippen molar-refractivity contribution >= 4 is 22.2 Å². The molecular weight excluding hydrogens is 250 g/mol. The number of nitrogens with two attached hydrogens (primary N) is 1. The summed E-state index contributed by atoms with van der Waals surface area (Å²) in [6.45, 7) is 1.41. The number of ether oxygens (including phenoxy) is 1. The number of carbonyl (C=O) groups is 1. The molecule has 2 heterocycles. The van der Waals surface area contributed by atoms with Gasteiger partial charge in [-0.25, -0.2) is 0 Å². The van der Waals surface area contributed by atoms with Gasteiger partial charge in [-0.3, -0.25) is 4.79 Å². The Morgan fingerprint density at radius 3 is 2.94 bits per heavy atom. The van der Waals surface area contributed by atoms with Crippen LogP contribution in [0.3, 0.4) is 0 Å². The third-order valence-corrected chi connectivity index (χ3v) is 4.16. The van der Waals surface area contributed by atoms with E-state index in [1.807, 2.05) is 0 Å². The maximum Gasteiger partial charge on any atom is 0.232 e. The van der Waals surface area contributed by atoms with Crippen molar-refractivity contribution in [1.82, 2.24) is 0 Å². The minimum Gasteiger partial charge on any atom is -0.381 e. The molecule has 18 heavy (non-hydrogen) atoms. The first-order chi connectivity index (χ1) is 8.72. The Kier molecular flexibility index (Phi) is 3.97. The van der Waals surface area contributed by atoms with Crippen LogP contribution < -0.4 is 11.1 Å². The van der Waals surface area contributed by atoms with Crippen molar-refractivity contribution in [2.45, 2.75) is 12.8 Å². The molecule has 0 bridgehead atoms. The van der Waals surface area contributed by atoms with E-state index in [4.69, 9.17) is 15.7 Å². The summed E-state index contributed by atoms with van der Waals surface area (Å²) >= 11 is 1.35. The van der Waals surface area contributed by atoms with Gasteiger partial charge in [-0.2, -0.15) is 5.26 Å². The van der Waals surface area contributed by atoms with E-state index in [1.54, 1.807) is 11.4 Å². The number of nitriles is 1. The topological polar surface area (TPSA) is 88.1 Å². The summed E-state index contributed by atoms with van der Waals surface area (Å²) in [5.41, 5.74) is 5.69. The average molecular weight is 265 g/mol. The molecule has 6 heteroatoms. The monoisotopic (exact) mass is 265 g/mol. The molecule has 5 nitrogen and oxygen atoms in total. The Morgan fingerprint density at radius 2 is 2.33 bits per heavy atom. The van der Waals surface area contributed by atoms with Crippen LogP contribution in [-0.2, 0) is 9.53 Å². The lowest BCUT2D eigenvalue weighted by Crippen LogP contribution is -2.46. The van der Waals surface area contributed by atoms with Crippen molar-refractivity contribution in [3.8, 4) is 6.07 Å². The number of rotatable bonds is 3. The van der Waals surface area contributed by atoms with E-state index >= 15 is 0 Å². The van der Waals surface area contributed by atoms with Crippen molar-refractivity contribution < 1.29 is 9.53 Å². The first-order valence-corrected chi connectivity index (χ1v) is 6.67. The molecule has 1 aromatic rings. The minimum atomic E-state index is -0.561. The SMILES string of the molecule is N#Cc1ccsc1NC(=O)C1(CN)CCOCC1. The minimum absolute atomic E-state index is 0.104. The maximum absolute atomic E-state index is 12.3. The van der Waals surface area contributed by atoms with Crippen molar-refractivity contribution in [3.63, 3.8) is 0 Å². The zero-order valence-electron chi connectivity index (χ0n) is 9.94. The number of nitrogens with zero attached hydrogens (tertiary/aromatic N) is 1. The van der Waals surface area contributed by atoms with Gasteiger partial charge < -0.3 is 15.8 Å². The van der Waals surface area contributed by atoms with E-state index in [0.717, 1.165) is 0 Å². The van der Waals surface area contributed by atoms with E-state index in [9.17, 15) is 4.79 Å². The summed E-state index contributed by atoms with van der Waals surface area (Å²) in [6, 6.07) is 3.75. The van der Waals surface area contributed by atoms with E-state index in [2.05, 4.69) is 11.4 Å². The highest BCUT2D eigenvalue weighted by atomic mass is 32.1. The van der Waals surface area contributed by atoms with Crippen LogP contribution in [0.2, 0.25) is 0 Å². The summed E-state index contributed by atoms with van der Waals surface area (Å²) < 4.78 is 5.27. The van der Waals surface area contributed by atoms with E-state index < -0.39 is 5.41 Å². The number of carbonyl (C=O) groups excluding carboxylic acids is 1. The van der Waals surface area contributed by atoms with Gasteiger partial charge in [0.2, 0.25) is 5.91 Å². The van der Waals surface area contributed by atoms with Crippen molar-refractivity contribution in [3.05, 3.63) is 17.0 Å². The van der Waals surface area contributed by atoms with Gasteiger partial charge in [-0.15, -0.1) is 11.3 Å². The van der Waals surface area contributed by atoms with Gasteiger partial charge in [0, 0.05) is 19.8 Å². The molecule has 0 aliphatic carbocycles. The predicted molar refractivity (Wildman–Crippen MR) is 69.2 cm³/mol. The Balaban J connectivity index is 2.13. The number of thiophene rings is 1. The summed E-state index contributed by atoms with van der Waals surface area (Å²) in [5, 5.41) is 14.1. The van der Waals surface area contributed by atoms with Crippen LogP contribution in [-0.4, -0.2) is 25.7 Å². The second-order valence-corrected chi connectivity index (χ2v) is 5.24. The number of amides is 1. The number of hydrogen-bond donors (Lipinski definition) is 2. The first-order valence-electron chi connectivity index (χ1n) is 5.79. The Bertz CT molecular complexity index is 472. The van der Waals surface area contributed by atoms with Gasteiger partial charge in [0.05, 0.1) is 11.0 Å². The first kappa shape index (κ1) is 13.0. The second-order valence-electron chi connectivity index (χ2n) is 4.33. The molecule has 0 spiro atoms. The summed E-state index contributed by atoms with van der Waals surface area (Å²) in [7, 11) is 0. The van der Waals surface area contributed by atoms with Crippen molar-refractivity contribution in [2.24, 2.45) is 11.1 Å². The molecule has 96 valence electrons. The van der Waals surface area contributed by atoms with Crippen LogP contribution in [0, 0.1) is 16.7 Å². The Labute approximate surface area is 110 Å². The van der Waals surface area contributed by atoms with Gasteiger partial charge in [-0.1, -0.05) is 0 Å². The lowest BCUT2D eigenvalue weighted by molar-refractivity contribution is -0.130. The van der Waals surface area contributed by atoms with Gasteiger partial charge in [0.15, 0.2) is 0 Å². The van der Waals surface area contributed by atoms with Crippen molar-refractivity contribution in [1.29, 1.82) is 5.26 Å². The molecule has 0 unspecified atom stereocenters. The molecule has 0 atom stereocenters. The number of hydrogen-bond acceptors (Lipinski definition) is 5. The molecule has 1 aliphatic rings. The molecule has 1 aliphatic heterocycles. The smallest absolute Gasteiger partial charge is 0.232 e. The molecule has 1 amide bonds. The standard InChI is InChI=1S/C12H15N3O2S/c13-7-9-1-6-18-10(9)15-11(16)12(8-14)2-4-17-5-3-12/h1,6H,2-5,8,14H2,(H,15,16). The van der Waals surface area contributed by atoms with Gasteiger partial charge in [-0.05, 0) is 24.3 Å².